The predicted molar refractivity (Wildman–Crippen MR) is 91.6 cm³/mol. The van der Waals surface area contributed by atoms with Crippen LogP contribution in [0.3, 0.4) is 0 Å². The Morgan fingerprint density at radius 3 is 1.95 bits per heavy atom. The molecule has 0 fully saturated rings. The summed E-state index contributed by atoms with van der Waals surface area (Å²) in [6.07, 6.45) is 0. The first kappa shape index (κ1) is 12.2. The molecule has 0 heteroatoms. The number of hydrogen-bond donors (Lipinski definition) is 0. The average Bonchev–Trinajstić information content (AvgIpc) is 2.55. The van der Waals surface area contributed by atoms with Crippen molar-refractivity contribution in [1.82, 2.24) is 0 Å². The molecule has 0 heterocycles. The number of rotatable bonds is 1. The van der Waals surface area contributed by atoms with Crippen molar-refractivity contribution in [2.45, 2.75) is 6.92 Å². The molecular weight excluding hydrogens is 252 g/mol. The molecule has 0 unspecified atom stereocenters. The van der Waals surface area contributed by atoms with Gasteiger partial charge < -0.3 is 0 Å². The summed E-state index contributed by atoms with van der Waals surface area (Å²) >= 11 is 0. The lowest BCUT2D eigenvalue weighted by Gasteiger charge is -2.07. The van der Waals surface area contributed by atoms with Gasteiger partial charge in [-0.15, -0.1) is 0 Å². The van der Waals surface area contributed by atoms with Crippen molar-refractivity contribution in [2.75, 3.05) is 0 Å². The fourth-order valence-corrected chi connectivity index (χ4v) is 2.93. The van der Waals surface area contributed by atoms with Crippen molar-refractivity contribution in [2.24, 2.45) is 0 Å². The Bertz CT molecular complexity index is 931. The number of benzene rings is 4. The molecule has 0 saturated heterocycles. The highest BCUT2D eigenvalue weighted by molar-refractivity contribution is 6.08. The van der Waals surface area contributed by atoms with Crippen LogP contribution in [0.15, 0.2) is 78.9 Å². The van der Waals surface area contributed by atoms with Gasteiger partial charge in [-0.05, 0) is 45.7 Å². The topological polar surface area (TPSA) is 0 Å². The fraction of sp³-hybridized carbons (Fsp3) is 0.0476. The van der Waals surface area contributed by atoms with E-state index in [0.717, 1.165) is 0 Å². The van der Waals surface area contributed by atoms with Gasteiger partial charge in [-0.1, -0.05) is 78.4 Å². The lowest BCUT2D eigenvalue weighted by molar-refractivity contribution is 1.47. The molecule has 0 radical (unpaired) electrons. The molecule has 0 saturated carbocycles. The van der Waals surface area contributed by atoms with Crippen LogP contribution in [-0.4, -0.2) is 0 Å². The Labute approximate surface area is 124 Å². The minimum absolute atomic E-state index is 1.27. The van der Waals surface area contributed by atoms with E-state index in [1.807, 2.05) is 0 Å². The van der Waals surface area contributed by atoms with Gasteiger partial charge in [0, 0.05) is 0 Å². The summed E-state index contributed by atoms with van der Waals surface area (Å²) in [5.41, 5.74) is 3.85. The molecule has 0 aromatic heterocycles. The van der Waals surface area contributed by atoms with Crippen molar-refractivity contribution in [3.8, 4) is 11.1 Å². The van der Waals surface area contributed by atoms with Gasteiger partial charge in [0.15, 0.2) is 0 Å². The first-order valence-electron chi connectivity index (χ1n) is 7.30. The van der Waals surface area contributed by atoms with Gasteiger partial charge in [-0.25, -0.2) is 0 Å². The van der Waals surface area contributed by atoms with Crippen LogP contribution >= 0.6 is 0 Å². The molecule has 0 spiro atoms. The van der Waals surface area contributed by atoms with E-state index in [9.17, 15) is 0 Å². The number of aryl methyl sites for hydroxylation is 1. The monoisotopic (exact) mass is 268 g/mol. The average molecular weight is 268 g/mol. The Balaban J connectivity index is 2.00. The molecule has 4 rings (SSSR count). The van der Waals surface area contributed by atoms with Gasteiger partial charge in [0.1, 0.15) is 0 Å². The largest absolute Gasteiger partial charge is 0.0616 e. The molecule has 0 aliphatic rings. The summed E-state index contributed by atoms with van der Waals surface area (Å²) in [5.74, 6) is 0. The molecule has 0 aliphatic heterocycles. The van der Waals surface area contributed by atoms with Crippen LogP contribution in [0.25, 0.3) is 32.7 Å². The zero-order valence-electron chi connectivity index (χ0n) is 12.0. The van der Waals surface area contributed by atoms with Crippen molar-refractivity contribution in [3.63, 3.8) is 0 Å². The van der Waals surface area contributed by atoms with Crippen LogP contribution in [0.4, 0.5) is 0 Å². The third kappa shape index (κ3) is 2.09. The second kappa shape index (κ2) is 4.75. The second-order valence-corrected chi connectivity index (χ2v) is 5.59. The first-order chi connectivity index (χ1) is 10.3. The van der Waals surface area contributed by atoms with Crippen molar-refractivity contribution in [3.05, 3.63) is 84.4 Å². The van der Waals surface area contributed by atoms with E-state index in [2.05, 4.69) is 85.8 Å². The molecule has 4 aromatic carbocycles. The lowest BCUT2D eigenvalue weighted by Crippen LogP contribution is -1.81. The Morgan fingerprint density at radius 1 is 0.524 bits per heavy atom. The molecule has 0 nitrogen and oxygen atoms in total. The van der Waals surface area contributed by atoms with Gasteiger partial charge >= 0.3 is 0 Å². The molecule has 0 N–H and O–H groups in total. The normalized spacial score (nSPS) is 11.1. The van der Waals surface area contributed by atoms with E-state index in [1.165, 1.54) is 38.2 Å². The van der Waals surface area contributed by atoms with Gasteiger partial charge in [-0.3, -0.25) is 0 Å². The Hall–Kier alpha value is -2.60. The van der Waals surface area contributed by atoms with Crippen LogP contribution in [0.2, 0.25) is 0 Å². The Morgan fingerprint density at radius 2 is 1.14 bits per heavy atom. The highest BCUT2D eigenvalue weighted by Crippen LogP contribution is 2.30. The van der Waals surface area contributed by atoms with Gasteiger partial charge in [0.2, 0.25) is 0 Å². The van der Waals surface area contributed by atoms with Gasteiger partial charge in [-0.2, -0.15) is 0 Å². The third-order valence-electron chi connectivity index (χ3n) is 4.13. The van der Waals surface area contributed by atoms with Crippen LogP contribution in [0, 0.1) is 6.92 Å². The Kier molecular flexibility index (Phi) is 2.75. The van der Waals surface area contributed by atoms with E-state index in [1.54, 1.807) is 0 Å². The maximum Gasteiger partial charge on any atom is -0.00992 e. The molecule has 0 bridgehead atoms. The van der Waals surface area contributed by atoms with Crippen molar-refractivity contribution in [1.29, 1.82) is 0 Å². The zero-order valence-corrected chi connectivity index (χ0v) is 12.0. The number of fused-ring (bicyclic) bond motifs is 3. The molecule has 0 amide bonds. The lowest BCUT2D eigenvalue weighted by atomic mass is 9.97. The van der Waals surface area contributed by atoms with Gasteiger partial charge in [0.25, 0.3) is 0 Å². The predicted octanol–water partition coefficient (Wildman–Crippen LogP) is 5.97. The maximum atomic E-state index is 2.31. The van der Waals surface area contributed by atoms with Crippen molar-refractivity contribution < 1.29 is 0 Å². The molecule has 21 heavy (non-hydrogen) atoms. The summed E-state index contributed by atoms with van der Waals surface area (Å²) in [6, 6.07) is 28.5. The van der Waals surface area contributed by atoms with E-state index in [4.69, 9.17) is 0 Å². The van der Waals surface area contributed by atoms with Crippen LogP contribution in [0.5, 0.6) is 0 Å². The van der Waals surface area contributed by atoms with Crippen LogP contribution in [0.1, 0.15) is 5.56 Å². The summed E-state index contributed by atoms with van der Waals surface area (Å²) in [4.78, 5) is 0. The standard InChI is InChI=1S/C21H16/c1-15-6-8-16(9-7-15)19-13-12-18-11-10-17-4-2-3-5-20(17)21(18)14-19/h2-14H,1H3. The third-order valence-corrected chi connectivity index (χ3v) is 4.13. The summed E-state index contributed by atoms with van der Waals surface area (Å²) in [7, 11) is 0. The minimum Gasteiger partial charge on any atom is -0.0616 e. The summed E-state index contributed by atoms with van der Waals surface area (Å²) in [5, 5.41) is 5.24. The SMILES string of the molecule is Cc1ccc(-c2ccc3ccc4ccccc4c3c2)cc1. The fourth-order valence-electron chi connectivity index (χ4n) is 2.93. The quantitative estimate of drug-likeness (QED) is 0.373. The van der Waals surface area contributed by atoms with Crippen LogP contribution in [-0.2, 0) is 0 Å². The molecule has 4 aromatic rings. The van der Waals surface area contributed by atoms with E-state index < -0.39 is 0 Å². The zero-order chi connectivity index (χ0) is 14.2. The van der Waals surface area contributed by atoms with E-state index >= 15 is 0 Å². The summed E-state index contributed by atoms with van der Waals surface area (Å²) < 4.78 is 0. The summed E-state index contributed by atoms with van der Waals surface area (Å²) in [6.45, 7) is 2.12. The van der Waals surface area contributed by atoms with E-state index in [-0.39, 0.29) is 0 Å². The minimum atomic E-state index is 1.27. The van der Waals surface area contributed by atoms with Gasteiger partial charge in [0.05, 0.1) is 0 Å². The molecule has 0 aliphatic carbocycles. The molecule has 100 valence electrons. The highest BCUT2D eigenvalue weighted by Gasteiger charge is 2.03. The smallest absolute Gasteiger partial charge is 0.00992 e. The first-order valence-corrected chi connectivity index (χ1v) is 7.30. The molecular formula is C21H16. The van der Waals surface area contributed by atoms with E-state index in [0.29, 0.717) is 0 Å². The van der Waals surface area contributed by atoms with Crippen molar-refractivity contribution >= 4 is 21.5 Å². The second-order valence-electron chi connectivity index (χ2n) is 5.59. The van der Waals surface area contributed by atoms with Crippen LogP contribution < -0.4 is 0 Å². The maximum absolute atomic E-state index is 2.31. The molecule has 0 atom stereocenters. The highest BCUT2D eigenvalue weighted by atomic mass is 14.1. The number of hydrogen-bond acceptors (Lipinski definition) is 0.